The summed E-state index contributed by atoms with van der Waals surface area (Å²) >= 11 is 0. The lowest BCUT2D eigenvalue weighted by molar-refractivity contribution is 0.0300. The van der Waals surface area contributed by atoms with Gasteiger partial charge < -0.3 is 25.3 Å². The van der Waals surface area contributed by atoms with E-state index in [2.05, 4.69) is 15.6 Å². The van der Waals surface area contributed by atoms with Gasteiger partial charge in [0.2, 0.25) is 0 Å². The van der Waals surface area contributed by atoms with Gasteiger partial charge in [-0.25, -0.2) is 4.79 Å². The Morgan fingerprint density at radius 2 is 1.63 bits per heavy atom. The van der Waals surface area contributed by atoms with Crippen molar-refractivity contribution in [3.8, 4) is 11.1 Å². The Morgan fingerprint density at radius 3 is 2.40 bits per heavy atom. The summed E-state index contributed by atoms with van der Waals surface area (Å²) < 4.78 is 5.43. The molecule has 4 aromatic rings. The lowest BCUT2D eigenvalue weighted by atomic mass is 10.0. The summed E-state index contributed by atoms with van der Waals surface area (Å²) in [5.74, 6) is -0.0749. The van der Waals surface area contributed by atoms with Crippen LogP contribution in [-0.2, 0) is 4.74 Å². The number of aromatic amines is 1. The third kappa shape index (κ3) is 4.63. The van der Waals surface area contributed by atoms with Crippen LogP contribution in [0.5, 0.6) is 0 Å². The molecule has 5 rings (SSSR count). The average molecular weight is 469 g/mol. The first kappa shape index (κ1) is 22.7. The summed E-state index contributed by atoms with van der Waals surface area (Å²) in [5.41, 5.74) is 6.39. The number of carbonyl (C=O) groups excluding carboxylic acids is 2. The van der Waals surface area contributed by atoms with Crippen LogP contribution < -0.4 is 10.6 Å². The van der Waals surface area contributed by atoms with E-state index in [1.807, 2.05) is 80.6 Å². The highest BCUT2D eigenvalue weighted by Gasteiger charge is 2.26. The van der Waals surface area contributed by atoms with Crippen LogP contribution in [0.3, 0.4) is 0 Å². The van der Waals surface area contributed by atoms with Crippen LogP contribution in [0.1, 0.15) is 21.6 Å². The lowest BCUT2D eigenvalue weighted by Gasteiger charge is -2.26. The summed E-state index contributed by atoms with van der Waals surface area (Å²) in [6.07, 6.45) is 0. The van der Waals surface area contributed by atoms with Crippen LogP contribution in [0.25, 0.3) is 22.0 Å². The molecule has 2 heterocycles. The second-order valence-corrected chi connectivity index (χ2v) is 8.77. The topological polar surface area (TPSA) is 86.5 Å². The zero-order chi connectivity index (χ0) is 24.4. The maximum atomic E-state index is 13.5. The Morgan fingerprint density at radius 1 is 0.886 bits per heavy atom. The van der Waals surface area contributed by atoms with Crippen LogP contribution in [0.2, 0.25) is 0 Å². The van der Waals surface area contributed by atoms with Gasteiger partial charge in [0, 0.05) is 29.7 Å². The molecule has 3 N–H and O–H groups in total. The molecule has 0 atom stereocenters. The number of amides is 3. The first-order valence-corrected chi connectivity index (χ1v) is 11.7. The predicted octanol–water partition coefficient (Wildman–Crippen LogP) is 5.57. The standard InChI is InChI=1S/C28H28N4O3/c1-18-11-12-19(2)23(17-18)30-28(34)29-22-10-6-9-21-24(20-7-4-3-5-8-20)26(31-25(21)22)27(33)32-13-15-35-16-14-32/h3-12,17,31H,13-16H2,1-2H3,(H2,29,30,34). The number of aryl methyl sites for hydroxylation is 2. The Hall–Kier alpha value is -4.10. The quantitative estimate of drug-likeness (QED) is 0.366. The number of benzene rings is 3. The SMILES string of the molecule is Cc1ccc(C)c(NC(=O)Nc2cccc3c(-c4ccccc4)c(C(=O)N4CCOCC4)[nH]c23)c1. The maximum Gasteiger partial charge on any atom is 0.323 e. The van der Waals surface area contributed by atoms with E-state index in [1.54, 1.807) is 4.90 Å². The van der Waals surface area contributed by atoms with E-state index in [4.69, 9.17) is 4.74 Å². The van der Waals surface area contributed by atoms with Gasteiger partial charge in [-0.1, -0.05) is 54.6 Å². The van der Waals surface area contributed by atoms with E-state index >= 15 is 0 Å². The van der Waals surface area contributed by atoms with Crippen molar-refractivity contribution in [1.82, 2.24) is 9.88 Å². The van der Waals surface area contributed by atoms with Crippen LogP contribution >= 0.6 is 0 Å². The third-order valence-corrected chi connectivity index (χ3v) is 6.30. The molecule has 0 aliphatic carbocycles. The fourth-order valence-electron chi connectivity index (χ4n) is 4.46. The second kappa shape index (κ2) is 9.64. The van der Waals surface area contributed by atoms with Gasteiger partial charge in [0.1, 0.15) is 5.69 Å². The highest BCUT2D eigenvalue weighted by Crippen LogP contribution is 2.36. The van der Waals surface area contributed by atoms with Crippen molar-refractivity contribution in [3.63, 3.8) is 0 Å². The van der Waals surface area contributed by atoms with Gasteiger partial charge in [-0.05, 0) is 42.7 Å². The highest BCUT2D eigenvalue weighted by atomic mass is 16.5. The van der Waals surface area contributed by atoms with Gasteiger partial charge in [0.05, 0.1) is 24.4 Å². The molecule has 3 aromatic carbocycles. The molecule has 0 unspecified atom stereocenters. The van der Waals surface area contributed by atoms with E-state index < -0.39 is 0 Å². The number of para-hydroxylation sites is 1. The molecule has 1 aromatic heterocycles. The van der Waals surface area contributed by atoms with Gasteiger partial charge in [-0.2, -0.15) is 0 Å². The number of nitrogens with zero attached hydrogens (tertiary/aromatic N) is 1. The minimum absolute atomic E-state index is 0.0749. The molecular weight excluding hydrogens is 440 g/mol. The van der Waals surface area contributed by atoms with Crippen molar-refractivity contribution in [2.75, 3.05) is 36.9 Å². The molecule has 0 bridgehead atoms. The number of anilines is 2. The predicted molar refractivity (Wildman–Crippen MR) is 139 cm³/mol. The first-order chi connectivity index (χ1) is 17.0. The second-order valence-electron chi connectivity index (χ2n) is 8.77. The van der Waals surface area contributed by atoms with Crippen molar-refractivity contribution in [2.45, 2.75) is 13.8 Å². The smallest absolute Gasteiger partial charge is 0.323 e. The number of rotatable bonds is 4. The normalized spacial score (nSPS) is 13.6. The van der Waals surface area contributed by atoms with Gasteiger partial charge >= 0.3 is 6.03 Å². The Labute approximate surface area is 204 Å². The van der Waals surface area contributed by atoms with Gasteiger partial charge in [-0.15, -0.1) is 0 Å². The van der Waals surface area contributed by atoms with Crippen molar-refractivity contribution in [3.05, 3.63) is 83.6 Å². The van der Waals surface area contributed by atoms with Gasteiger partial charge in [0.25, 0.3) is 5.91 Å². The average Bonchev–Trinajstić information content (AvgIpc) is 3.27. The molecule has 7 nitrogen and oxygen atoms in total. The van der Waals surface area contributed by atoms with Crippen LogP contribution in [0.4, 0.5) is 16.2 Å². The monoisotopic (exact) mass is 468 g/mol. The van der Waals surface area contributed by atoms with Crippen molar-refractivity contribution < 1.29 is 14.3 Å². The molecule has 3 amide bonds. The Kier molecular flexibility index (Phi) is 6.25. The molecule has 1 saturated heterocycles. The van der Waals surface area contributed by atoms with Crippen molar-refractivity contribution >= 4 is 34.2 Å². The lowest BCUT2D eigenvalue weighted by Crippen LogP contribution is -2.41. The molecule has 1 aliphatic rings. The van der Waals surface area contributed by atoms with Gasteiger partial charge in [-0.3, -0.25) is 4.79 Å². The van der Waals surface area contributed by atoms with E-state index in [0.717, 1.165) is 33.3 Å². The molecule has 0 radical (unpaired) electrons. The summed E-state index contributed by atoms with van der Waals surface area (Å²) in [7, 11) is 0. The molecule has 0 spiro atoms. The summed E-state index contributed by atoms with van der Waals surface area (Å²) in [6, 6.07) is 21.1. The Balaban J connectivity index is 1.54. The number of nitrogens with one attached hydrogen (secondary N) is 3. The fourth-order valence-corrected chi connectivity index (χ4v) is 4.46. The van der Waals surface area contributed by atoms with Gasteiger partial charge in [0.15, 0.2) is 0 Å². The third-order valence-electron chi connectivity index (χ3n) is 6.30. The number of morpholine rings is 1. The molecule has 1 fully saturated rings. The number of carbonyl (C=O) groups is 2. The molecule has 178 valence electrons. The Bertz CT molecular complexity index is 1390. The number of ether oxygens (including phenoxy) is 1. The summed E-state index contributed by atoms with van der Waals surface area (Å²) in [6.45, 7) is 6.09. The van der Waals surface area contributed by atoms with Crippen molar-refractivity contribution in [2.24, 2.45) is 0 Å². The largest absolute Gasteiger partial charge is 0.378 e. The number of aromatic nitrogens is 1. The van der Waals surface area contributed by atoms with E-state index in [-0.39, 0.29) is 11.9 Å². The number of hydrogen-bond acceptors (Lipinski definition) is 3. The molecule has 7 heteroatoms. The fraction of sp³-hybridized carbons (Fsp3) is 0.214. The highest BCUT2D eigenvalue weighted by molar-refractivity contribution is 6.14. The van der Waals surface area contributed by atoms with E-state index in [1.165, 1.54) is 0 Å². The first-order valence-electron chi connectivity index (χ1n) is 11.7. The summed E-state index contributed by atoms with van der Waals surface area (Å²) in [5, 5.41) is 6.78. The van der Waals surface area contributed by atoms with E-state index in [9.17, 15) is 9.59 Å². The minimum atomic E-state index is -0.344. The van der Waals surface area contributed by atoms with E-state index in [0.29, 0.717) is 43.2 Å². The minimum Gasteiger partial charge on any atom is -0.378 e. The molecule has 35 heavy (non-hydrogen) atoms. The van der Waals surface area contributed by atoms with Crippen LogP contribution in [-0.4, -0.2) is 48.1 Å². The number of hydrogen-bond donors (Lipinski definition) is 3. The summed E-state index contributed by atoms with van der Waals surface area (Å²) in [4.78, 5) is 31.6. The molecule has 0 saturated carbocycles. The zero-order valence-electron chi connectivity index (χ0n) is 19.9. The van der Waals surface area contributed by atoms with Crippen molar-refractivity contribution in [1.29, 1.82) is 0 Å². The molecule has 1 aliphatic heterocycles. The number of urea groups is 1. The maximum absolute atomic E-state index is 13.5. The van der Waals surface area contributed by atoms with Crippen LogP contribution in [0, 0.1) is 13.8 Å². The number of H-pyrrole nitrogens is 1. The molecular formula is C28H28N4O3. The zero-order valence-corrected chi connectivity index (χ0v) is 19.9. The van der Waals surface area contributed by atoms with Crippen LogP contribution in [0.15, 0.2) is 66.7 Å². The number of fused-ring (bicyclic) bond motifs is 1.